The van der Waals surface area contributed by atoms with Gasteiger partial charge in [0, 0.05) is 33.2 Å². The van der Waals surface area contributed by atoms with Crippen molar-refractivity contribution in [1.29, 1.82) is 0 Å². The van der Waals surface area contributed by atoms with E-state index >= 15 is 0 Å². The van der Waals surface area contributed by atoms with E-state index in [0.29, 0.717) is 11.8 Å². The maximum absolute atomic E-state index is 13.5. The normalized spacial score (nSPS) is 27.8. The van der Waals surface area contributed by atoms with Crippen molar-refractivity contribution < 1.29 is 14.2 Å². The van der Waals surface area contributed by atoms with Gasteiger partial charge in [-0.2, -0.15) is 0 Å². The first-order valence-corrected chi connectivity index (χ1v) is 9.86. The molecule has 0 bridgehead atoms. The molecule has 3 atom stereocenters. The molecular weight excluding hydrogens is 341 g/mol. The maximum atomic E-state index is 13.5. The zero-order valence-corrected chi connectivity index (χ0v) is 15.9. The van der Waals surface area contributed by atoms with Crippen LogP contribution in [0.4, 0.5) is 4.39 Å². The monoisotopic (exact) mass is 369 g/mol. The van der Waals surface area contributed by atoms with Gasteiger partial charge in [-0.25, -0.2) is 4.39 Å². The molecule has 1 aliphatic heterocycles. The van der Waals surface area contributed by atoms with Gasteiger partial charge in [-0.05, 0) is 54.4 Å². The Morgan fingerprint density at radius 3 is 2.41 bits per heavy atom. The molecule has 144 valence electrons. The zero-order valence-electron chi connectivity index (χ0n) is 15.9. The molecule has 1 aliphatic carbocycles. The van der Waals surface area contributed by atoms with E-state index in [1.165, 1.54) is 17.7 Å². The highest BCUT2D eigenvalue weighted by Crippen LogP contribution is 2.47. The number of hydrogen-bond acceptors (Lipinski definition) is 3. The summed E-state index contributed by atoms with van der Waals surface area (Å²) in [5, 5.41) is 9.31. The first-order chi connectivity index (χ1) is 13.1. The molecule has 1 N–H and O–H groups in total. The highest BCUT2D eigenvalue weighted by atomic mass is 19.1. The fourth-order valence-corrected chi connectivity index (χ4v) is 5.06. The maximum Gasteiger partial charge on any atom is 0.165 e. The van der Waals surface area contributed by atoms with Crippen molar-refractivity contribution in [3.8, 4) is 5.75 Å². The predicted octanol–water partition coefficient (Wildman–Crippen LogP) is 4.04. The number of rotatable bonds is 6. The summed E-state index contributed by atoms with van der Waals surface area (Å²) in [6.45, 7) is 3.14. The number of benzene rings is 2. The van der Waals surface area contributed by atoms with E-state index < -0.39 is 5.82 Å². The summed E-state index contributed by atoms with van der Waals surface area (Å²) >= 11 is 0. The van der Waals surface area contributed by atoms with Crippen LogP contribution in [-0.2, 0) is 17.6 Å². The van der Waals surface area contributed by atoms with E-state index in [1.54, 1.807) is 0 Å². The lowest BCUT2D eigenvalue weighted by Gasteiger charge is -2.30. The minimum Gasteiger partial charge on any atom is -0.505 e. The van der Waals surface area contributed by atoms with Crippen molar-refractivity contribution in [3.63, 3.8) is 0 Å². The summed E-state index contributed by atoms with van der Waals surface area (Å²) in [5.41, 5.74) is 2.27. The van der Waals surface area contributed by atoms with Crippen molar-refractivity contribution >= 4 is 0 Å². The first kappa shape index (κ1) is 18.5. The summed E-state index contributed by atoms with van der Waals surface area (Å²) in [7, 11) is 1.86. The molecule has 0 aromatic heterocycles. The summed E-state index contributed by atoms with van der Waals surface area (Å²) < 4.78 is 19.5. The van der Waals surface area contributed by atoms with E-state index in [4.69, 9.17) is 4.74 Å². The largest absolute Gasteiger partial charge is 0.505 e. The summed E-state index contributed by atoms with van der Waals surface area (Å²) in [6.07, 6.45) is 4.04. The van der Waals surface area contributed by atoms with Crippen molar-refractivity contribution in [2.45, 2.75) is 31.3 Å². The van der Waals surface area contributed by atoms with Crippen LogP contribution in [0.25, 0.3) is 0 Å². The second kappa shape index (κ2) is 7.61. The number of ether oxygens (including phenoxy) is 1. The minimum atomic E-state index is -0.531. The number of halogens is 1. The lowest BCUT2D eigenvalue weighted by Crippen LogP contribution is -2.34. The number of fused-ring (bicyclic) bond motifs is 1. The van der Waals surface area contributed by atoms with Crippen LogP contribution < -0.4 is 0 Å². The fraction of sp³-hybridized carbons (Fsp3) is 0.478. The van der Waals surface area contributed by atoms with Gasteiger partial charge in [0.1, 0.15) is 0 Å². The van der Waals surface area contributed by atoms with Crippen LogP contribution in [0, 0.1) is 17.7 Å². The lowest BCUT2D eigenvalue weighted by atomic mass is 9.91. The second-order valence-corrected chi connectivity index (χ2v) is 8.27. The number of nitrogens with zero attached hydrogens (tertiary/aromatic N) is 1. The molecule has 4 heteroatoms. The van der Waals surface area contributed by atoms with Crippen LogP contribution in [-0.4, -0.2) is 42.4 Å². The van der Waals surface area contributed by atoms with E-state index in [1.807, 2.05) is 13.2 Å². The van der Waals surface area contributed by atoms with Crippen LogP contribution >= 0.6 is 0 Å². The molecule has 1 saturated heterocycles. The predicted molar refractivity (Wildman–Crippen MR) is 104 cm³/mol. The van der Waals surface area contributed by atoms with Gasteiger partial charge in [0.15, 0.2) is 11.6 Å². The average Bonchev–Trinajstić information content (AvgIpc) is 3.19. The summed E-state index contributed by atoms with van der Waals surface area (Å²) in [4.78, 5) is 2.50. The highest BCUT2D eigenvalue weighted by molar-refractivity contribution is 5.28. The van der Waals surface area contributed by atoms with Crippen molar-refractivity contribution in [2.24, 2.45) is 11.8 Å². The SMILES string of the molecule is COC1(Cc2ccccc2)CC2CN(CCc3ccc(O)c(F)c3)C[C@H]2C1. The van der Waals surface area contributed by atoms with Gasteiger partial charge < -0.3 is 14.7 Å². The van der Waals surface area contributed by atoms with Crippen LogP contribution in [0.1, 0.15) is 24.0 Å². The number of likely N-dealkylation sites (tertiary alicyclic amines) is 1. The number of aromatic hydroxyl groups is 1. The Kier molecular flexibility index (Phi) is 5.20. The van der Waals surface area contributed by atoms with E-state index in [-0.39, 0.29) is 11.4 Å². The molecule has 2 aromatic carbocycles. The van der Waals surface area contributed by atoms with Gasteiger partial charge in [-0.15, -0.1) is 0 Å². The first-order valence-electron chi connectivity index (χ1n) is 9.86. The second-order valence-electron chi connectivity index (χ2n) is 8.27. The van der Waals surface area contributed by atoms with E-state index in [9.17, 15) is 9.50 Å². The number of hydrogen-bond donors (Lipinski definition) is 1. The van der Waals surface area contributed by atoms with Crippen molar-refractivity contribution in [3.05, 3.63) is 65.5 Å². The number of phenolic OH excluding ortho intramolecular Hbond substituents is 1. The highest BCUT2D eigenvalue weighted by Gasteiger charge is 2.49. The molecule has 27 heavy (non-hydrogen) atoms. The van der Waals surface area contributed by atoms with Crippen LogP contribution in [0.3, 0.4) is 0 Å². The molecule has 0 spiro atoms. The van der Waals surface area contributed by atoms with Gasteiger partial charge in [0.25, 0.3) is 0 Å². The molecular formula is C23H28FNO2. The molecule has 1 saturated carbocycles. The Balaban J connectivity index is 1.32. The molecule has 0 radical (unpaired) electrons. The number of methoxy groups -OCH3 is 1. The Hall–Kier alpha value is -1.91. The quantitative estimate of drug-likeness (QED) is 0.834. The Morgan fingerprint density at radius 2 is 1.78 bits per heavy atom. The van der Waals surface area contributed by atoms with Crippen LogP contribution in [0.15, 0.2) is 48.5 Å². The topological polar surface area (TPSA) is 32.7 Å². The Bertz CT molecular complexity index is 765. The van der Waals surface area contributed by atoms with Gasteiger partial charge in [-0.1, -0.05) is 36.4 Å². The molecule has 2 aromatic rings. The fourth-order valence-electron chi connectivity index (χ4n) is 5.06. The molecule has 2 aliphatic rings. The van der Waals surface area contributed by atoms with Gasteiger partial charge in [-0.3, -0.25) is 0 Å². The third kappa shape index (κ3) is 4.02. The van der Waals surface area contributed by atoms with Gasteiger partial charge >= 0.3 is 0 Å². The molecule has 3 nitrogen and oxygen atoms in total. The summed E-state index contributed by atoms with van der Waals surface area (Å²) in [5.74, 6) is 0.566. The van der Waals surface area contributed by atoms with Crippen LogP contribution in [0.5, 0.6) is 5.75 Å². The van der Waals surface area contributed by atoms with Gasteiger partial charge in [0.2, 0.25) is 0 Å². The molecule has 4 rings (SSSR count). The minimum absolute atomic E-state index is 0.0249. The van der Waals surface area contributed by atoms with Crippen LogP contribution in [0.2, 0.25) is 0 Å². The molecule has 2 fully saturated rings. The van der Waals surface area contributed by atoms with Gasteiger partial charge in [0.05, 0.1) is 5.60 Å². The Labute approximate surface area is 160 Å². The summed E-state index contributed by atoms with van der Waals surface area (Å²) in [6, 6.07) is 15.3. The third-order valence-electron chi connectivity index (χ3n) is 6.45. The molecule has 0 amide bonds. The lowest BCUT2D eigenvalue weighted by molar-refractivity contribution is -0.0130. The van der Waals surface area contributed by atoms with Crippen molar-refractivity contribution in [1.82, 2.24) is 4.90 Å². The third-order valence-corrected chi connectivity index (χ3v) is 6.45. The Morgan fingerprint density at radius 1 is 1.07 bits per heavy atom. The standard InChI is InChI=1S/C23H28FNO2/c1-27-23(12-18-5-3-2-4-6-18)13-19-15-25(16-20(19)14-23)10-9-17-7-8-22(26)21(24)11-17/h2-8,11,19-20,26H,9-10,12-16H2,1H3/t19-,20?,23?/m1/s1. The van der Waals surface area contributed by atoms with E-state index in [0.717, 1.165) is 50.9 Å². The smallest absolute Gasteiger partial charge is 0.165 e. The molecule has 2 unspecified atom stereocenters. The average molecular weight is 369 g/mol. The zero-order chi connectivity index (χ0) is 18.9. The van der Waals surface area contributed by atoms with E-state index in [2.05, 4.69) is 35.2 Å². The van der Waals surface area contributed by atoms with Crippen molar-refractivity contribution in [2.75, 3.05) is 26.7 Å². The molecule has 1 heterocycles. The number of phenols is 1.